The zero-order valence-electron chi connectivity index (χ0n) is 9.21. The molecular formula is C13H18O. The number of ketones is 1. The first-order chi connectivity index (χ1) is 6.49. The van der Waals surface area contributed by atoms with E-state index in [1.165, 1.54) is 5.56 Å². The smallest absolute Gasteiger partial charge is 0.130 e. The SMILES string of the molecule is CC(=O)CC(C)(C)Cc1ccccc1. The van der Waals surface area contributed by atoms with Crippen LogP contribution in [-0.2, 0) is 11.2 Å². The Morgan fingerprint density at radius 3 is 2.29 bits per heavy atom. The molecule has 0 bridgehead atoms. The van der Waals surface area contributed by atoms with Crippen molar-refractivity contribution in [3.63, 3.8) is 0 Å². The van der Waals surface area contributed by atoms with Crippen molar-refractivity contribution in [2.75, 3.05) is 0 Å². The summed E-state index contributed by atoms with van der Waals surface area (Å²) in [5.41, 5.74) is 1.38. The highest BCUT2D eigenvalue weighted by atomic mass is 16.1. The molecule has 0 heterocycles. The van der Waals surface area contributed by atoms with Gasteiger partial charge in [0.05, 0.1) is 0 Å². The molecule has 0 aromatic heterocycles. The minimum absolute atomic E-state index is 0.0766. The first-order valence-corrected chi connectivity index (χ1v) is 5.03. The molecule has 1 rings (SSSR count). The summed E-state index contributed by atoms with van der Waals surface area (Å²) < 4.78 is 0. The van der Waals surface area contributed by atoms with Crippen LogP contribution in [0.5, 0.6) is 0 Å². The lowest BCUT2D eigenvalue weighted by atomic mass is 9.81. The van der Waals surface area contributed by atoms with E-state index in [9.17, 15) is 4.79 Å². The molecule has 0 unspecified atom stereocenters. The first-order valence-electron chi connectivity index (χ1n) is 5.03. The topological polar surface area (TPSA) is 17.1 Å². The molecule has 76 valence electrons. The Hall–Kier alpha value is -1.11. The molecule has 1 nitrogen and oxygen atoms in total. The van der Waals surface area contributed by atoms with Crippen LogP contribution in [0.3, 0.4) is 0 Å². The molecule has 0 aliphatic carbocycles. The lowest BCUT2D eigenvalue weighted by Crippen LogP contribution is -2.18. The van der Waals surface area contributed by atoms with E-state index in [0.29, 0.717) is 6.42 Å². The third kappa shape index (κ3) is 3.73. The van der Waals surface area contributed by atoms with Crippen molar-refractivity contribution in [2.45, 2.75) is 33.6 Å². The van der Waals surface area contributed by atoms with Crippen molar-refractivity contribution in [1.29, 1.82) is 0 Å². The second-order valence-electron chi connectivity index (χ2n) is 4.71. The minimum atomic E-state index is 0.0766. The maximum Gasteiger partial charge on any atom is 0.130 e. The molecule has 0 fully saturated rings. The Kier molecular flexibility index (Phi) is 3.45. The van der Waals surface area contributed by atoms with Crippen LogP contribution in [0.4, 0.5) is 0 Å². The lowest BCUT2D eigenvalue weighted by Gasteiger charge is -2.23. The summed E-state index contributed by atoms with van der Waals surface area (Å²) in [7, 11) is 0. The van der Waals surface area contributed by atoms with Crippen LogP contribution < -0.4 is 0 Å². The van der Waals surface area contributed by atoms with Crippen molar-refractivity contribution in [3.8, 4) is 0 Å². The summed E-state index contributed by atoms with van der Waals surface area (Å²) in [6.07, 6.45) is 1.62. The molecule has 0 atom stereocenters. The molecule has 1 heteroatoms. The number of hydrogen-bond donors (Lipinski definition) is 0. The van der Waals surface area contributed by atoms with Gasteiger partial charge in [-0.2, -0.15) is 0 Å². The Morgan fingerprint density at radius 2 is 1.79 bits per heavy atom. The average molecular weight is 190 g/mol. The number of carbonyl (C=O) groups excluding carboxylic acids is 1. The molecule has 0 N–H and O–H groups in total. The molecule has 1 aromatic carbocycles. The quantitative estimate of drug-likeness (QED) is 0.712. The Balaban J connectivity index is 2.63. The van der Waals surface area contributed by atoms with Crippen molar-refractivity contribution in [1.82, 2.24) is 0 Å². The molecule has 1 aromatic rings. The predicted octanol–water partition coefficient (Wildman–Crippen LogP) is 3.23. The van der Waals surface area contributed by atoms with E-state index in [1.54, 1.807) is 6.92 Å². The minimum Gasteiger partial charge on any atom is -0.300 e. The number of hydrogen-bond acceptors (Lipinski definition) is 1. The Morgan fingerprint density at radius 1 is 1.21 bits per heavy atom. The molecule has 0 aliphatic rings. The zero-order chi connectivity index (χ0) is 10.6. The van der Waals surface area contributed by atoms with Gasteiger partial charge in [-0.3, -0.25) is 0 Å². The van der Waals surface area contributed by atoms with E-state index in [1.807, 2.05) is 18.2 Å². The summed E-state index contributed by atoms with van der Waals surface area (Å²) >= 11 is 0. The van der Waals surface area contributed by atoms with E-state index in [-0.39, 0.29) is 11.2 Å². The number of benzene rings is 1. The van der Waals surface area contributed by atoms with Gasteiger partial charge >= 0.3 is 0 Å². The highest BCUT2D eigenvalue weighted by Crippen LogP contribution is 2.25. The average Bonchev–Trinajstić information content (AvgIpc) is 2.02. The zero-order valence-corrected chi connectivity index (χ0v) is 9.21. The molecule has 14 heavy (non-hydrogen) atoms. The highest BCUT2D eigenvalue weighted by Gasteiger charge is 2.20. The third-order valence-corrected chi connectivity index (χ3v) is 2.25. The molecule has 0 aliphatic heterocycles. The van der Waals surface area contributed by atoms with Gasteiger partial charge < -0.3 is 4.79 Å². The number of rotatable bonds is 4. The largest absolute Gasteiger partial charge is 0.300 e. The van der Waals surface area contributed by atoms with Crippen LogP contribution >= 0.6 is 0 Å². The van der Waals surface area contributed by atoms with E-state index >= 15 is 0 Å². The fourth-order valence-electron chi connectivity index (χ4n) is 1.88. The third-order valence-electron chi connectivity index (χ3n) is 2.25. The monoisotopic (exact) mass is 190 g/mol. The maximum atomic E-state index is 11.0. The lowest BCUT2D eigenvalue weighted by molar-refractivity contribution is -0.118. The Labute approximate surface area is 86.1 Å². The van der Waals surface area contributed by atoms with Gasteiger partial charge in [-0.25, -0.2) is 0 Å². The summed E-state index contributed by atoms with van der Waals surface area (Å²) in [5, 5.41) is 0. The van der Waals surface area contributed by atoms with Gasteiger partial charge in [0.25, 0.3) is 0 Å². The van der Waals surface area contributed by atoms with Crippen molar-refractivity contribution < 1.29 is 4.79 Å². The van der Waals surface area contributed by atoms with Gasteiger partial charge in [0.2, 0.25) is 0 Å². The number of carbonyl (C=O) groups is 1. The molecular weight excluding hydrogens is 172 g/mol. The van der Waals surface area contributed by atoms with Gasteiger partial charge in [-0.05, 0) is 24.3 Å². The second-order valence-corrected chi connectivity index (χ2v) is 4.71. The van der Waals surface area contributed by atoms with Gasteiger partial charge in [-0.15, -0.1) is 0 Å². The first kappa shape index (κ1) is 11.0. The van der Waals surface area contributed by atoms with Crippen molar-refractivity contribution in [2.24, 2.45) is 5.41 Å². The highest BCUT2D eigenvalue weighted by molar-refractivity contribution is 5.76. The van der Waals surface area contributed by atoms with Gasteiger partial charge in [0.1, 0.15) is 5.78 Å². The predicted molar refractivity (Wildman–Crippen MR) is 59.2 cm³/mol. The number of Topliss-reactive ketones (excluding diaryl/α,β-unsaturated/α-hetero) is 1. The molecule has 0 amide bonds. The molecule has 0 saturated heterocycles. The van der Waals surface area contributed by atoms with Crippen LogP contribution in [0.15, 0.2) is 30.3 Å². The van der Waals surface area contributed by atoms with Crippen molar-refractivity contribution in [3.05, 3.63) is 35.9 Å². The summed E-state index contributed by atoms with van der Waals surface area (Å²) in [5.74, 6) is 0.269. The van der Waals surface area contributed by atoms with Crippen molar-refractivity contribution >= 4 is 5.78 Å². The summed E-state index contributed by atoms with van der Waals surface area (Å²) in [4.78, 5) is 11.0. The fourth-order valence-corrected chi connectivity index (χ4v) is 1.88. The van der Waals surface area contributed by atoms with Crippen LogP contribution in [0.1, 0.15) is 32.8 Å². The van der Waals surface area contributed by atoms with Gasteiger partial charge in [0.15, 0.2) is 0 Å². The van der Waals surface area contributed by atoms with Gasteiger partial charge in [0, 0.05) is 6.42 Å². The normalized spacial score (nSPS) is 11.4. The van der Waals surface area contributed by atoms with Gasteiger partial charge in [-0.1, -0.05) is 44.2 Å². The van der Waals surface area contributed by atoms with Crippen LogP contribution in [-0.4, -0.2) is 5.78 Å². The second kappa shape index (κ2) is 4.41. The van der Waals surface area contributed by atoms with E-state index < -0.39 is 0 Å². The molecule has 0 radical (unpaired) electrons. The van der Waals surface area contributed by atoms with Crippen LogP contribution in [0.25, 0.3) is 0 Å². The Bertz CT molecular complexity index is 298. The van der Waals surface area contributed by atoms with E-state index in [4.69, 9.17) is 0 Å². The molecule has 0 spiro atoms. The fraction of sp³-hybridized carbons (Fsp3) is 0.462. The van der Waals surface area contributed by atoms with E-state index in [0.717, 1.165) is 6.42 Å². The summed E-state index contributed by atoms with van der Waals surface area (Å²) in [6, 6.07) is 10.3. The maximum absolute atomic E-state index is 11.0. The standard InChI is InChI=1S/C13H18O/c1-11(14)9-13(2,3)10-12-7-5-4-6-8-12/h4-8H,9-10H2,1-3H3. The van der Waals surface area contributed by atoms with Crippen LogP contribution in [0, 0.1) is 5.41 Å². The molecule has 0 saturated carbocycles. The van der Waals surface area contributed by atoms with Crippen LogP contribution in [0.2, 0.25) is 0 Å². The van der Waals surface area contributed by atoms with E-state index in [2.05, 4.69) is 26.0 Å². The summed E-state index contributed by atoms with van der Waals surface area (Å²) in [6.45, 7) is 5.94.